The largest absolute Gasteiger partial charge is 0.481 e. The lowest BCUT2D eigenvalue weighted by Gasteiger charge is -2.34. The van der Waals surface area contributed by atoms with Crippen LogP contribution in [0, 0.1) is 22.0 Å². The van der Waals surface area contributed by atoms with Gasteiger partial charge in [-0.1, -0.05) is 30.1 Å². The third-order valence-corrected chi connectivity index (χ3v) is 6.55. The Hall–Kier alpha value is -1.42. The van der Waals surface area contributed by atoms with Crippen LogP contribution in [-0.4, -0.2) is 41.8 Å². The number of carbonyl (C=O) groups is 1. The van der Waals surface area contributed by atoms with Crippen LogP contribution in [0.4, 0.5) is 5.69 Å². The molecule has 0 amide bonds. The van der Waals surface area contributed by atoms with Crippen LogP contribution in [0.3, 0.4) is 0 Å². The van der Waals surface area contributed by atoms with Gasteiger partial charge in [0.1, 0.15) is 0 Å². The zero-order valence-corrected chi connectivity index (χ0v) is 14.8. The van der Waals surface area contributed by atoms with Gasteiger partial charge in [-0.05, 0) is 18.4 Å². The number of benzene rings is 1. The third kappa shape index (κ3) is 3.49. The predicted molar refractivity (Wildman–Crippen MR) is 86.8 cm³/mol. The standard InChI is InChI=1S/C13H14Cl2N2O6S/c1-7-6-16(3-2-9(7)13(18)19)24(22,23)12-10(15)4-8(14)5-11(12)17(20)21/h4-5,7,9H,2-3,6H2,1H3,(H,18,19). The summed E-state index contributed by atoms with van der Waals surface area (Å²) in [4.78, 5) is 20.8. The molecule has 2 atom stereocenters. The minimum absolute atomic E-state index is 0.0522. The molecule has 2 unspecified atom stereocenters. The van der Waals surface area contributed by atoms with Gasteiger partial charge in [-0.3, -0.25) is 14.9 Å². The molecule has 1 aromatic carbocycles. The molecule has 1 aliphatic heterocycles. The topological polar surface area (TPSA) is 118 Å². The van der Waals surface area contributed by atoms with Gasteiger partial charge in [-0.25, -0.2) is 8.42 Å². The lowest BCUT2D eigenvalue weighted by molar-refractivity contribution is -0.387. The number of hydrogen-bond acceptors (Lipinski definition) is 5. The van der Waals surface area contributed by atoms with Crippen LogP contribution in [0.5, 0.6) is 0 Å². The fraction of sp³-hybridized carbons (Fsp3) is 0.462. The Labute approximate surface area is 148 Å². The maximum atomic E-state index is 12.8. The minimum Gasteiger partial charge on any atom is -0.481 e. The number of aliphatic carboxylic acids is 1. The van der Waals surface area contributed by atoms with Crippen LogP contribution in [0.1, 0.15) is 13.3 Å². The van der Waals surface area contributed by atoms with Crippen molar-refractivity contribution < 1.29 is 23.2 Å². The smallest absolute Gasteiger partial charge is 0.306 e. The Kier molecular flexibility index (Phi) is 5.38. The van der Waals surface area contributed by atoms with Crippen LogP contribution in [0.2, 0.25) is 10.0 Å². The average molecular weight is 397 g/mol. The van der Waals surface area contributed by atoms with Crippen LogP contribution < -0.4 is 0 Å². The molecule has 8 nitrogen and oxygen atoms in total. The van der Waals surface area contributed by atoms with Crippen LogP contribution in [0.15, 0.2) is 17.0 Å². The van der Waals surface area contributed by atoms with E-state index in [1.807, 2.05) is 0 Å². The molecule has 1 N–H and O–H groups in total. The van der Waals surface area contributed by atoms with E-state index in [0.717, 1.165) is 16.4 Å². The van der Waals surface area contributed by atoms with E-state index in [4.69, 9.17) is 28.3 Å². The minimum atomic E-state index is -4.26. The fourth-order valence-electron chi connectivity index (χ4n) is 2.76. The number of sulfonamides is 1. The van der Waals surface area contributed by atoms with Gasteiger partial charge in [0.25, 0.3) is 15.7 Å². The summed E-state index contributed by atoms with van der Waals surface area (Å²) in [5, 5.41) is 19.9. The summed E-state index contributed by atoms with van der Waals surface area (Å²) >= 11 is 11.6. The molecule has 1 aliphatic rings. The zero-order valence-electron chi connectivity index (χ0n) is 12.5. The van der Waals surface area contributed by atoms with Crippen molar-refractivity contribution in [2.45, 2.75) is 18.2 Å². The van der Waals surface area contributed by atoms with Crippen molar-refractivity contribution in [3.63, 3.8) is 0 Å². The Morgan fingerprint density at radius 1 is 1.42 bits per heavy atom. The Morgan fingerprint density at radius 3 is 2.54 bits per heavy atom. The first-order chi connectivity index (χ1) is 11.1. The van der Waals surface area contributed by atoms with E-state index in [2.05, 4.69) is 0 Å². The Morgan fingerprint density at radius 2 is 2.04 bits per heavy atom. The molecular formula is C13H14Cl2N2O6S. The molecule has 2 rings (SSSR count). The first kappa shape index (κ1) is 18.9. The second kappa shape index (κ2) is 6.83. The summed E-state index contributed by atoms with van der Waals surface area (Å²) in [5.41, 5.74) is -0.708. The number of nitro groups is 1. The van der Waals surface area contributed by atoms with Crippen molar-refractivity contribution in [1.29, 1.82) is 0 Å². The van der Waals surface area contributed by atoms with Crippen LogP contribution in [0.25, 0.3) is 0 Å². The molecule has 0 aliphatic carbocycles. The first-order valence-electron chi connectivity index (χ1n) is 6.92. The lowest BCUT2D eigenvalue weighted by Crippen LogP contribution is -2.45. The molecule has 0 spiro atoms. The number of nitro benzene ring substituents is 1. The van der Waals surface area contributed by atoms with Gasteiger partial charge in [0.15, 0.2) is 4.90 Å². The van der Waals surface area contributed by atoms with Crippen molar-refractivity contribution in [3.05, 3.63) is 32.3 Å². The summed E-state index contributed by atoms with van der Waals surface area (Å²) in [5.74, 6) is -2.08. The summed E-state index contributed by atoms with van der Waals surface area (Å²) < 4.78 is 26.7. The molecule has 1 aromatic rings. The maximum Gasteiger partial charge on any atom is 0.306 e. The molecule has 0 aromatic heterocycles. The summed E-state index contributed by atoms with van der Waals surface area (Å²) in [6, 6.07) is 2.05. The second-order valence-corrected chi connectivity index (χ2v) is 8.29. The number of hydrogen-bond donors (Lipinski definition) is 1. The summed E-state index contributed by atoms with van der Waals surface area (Å²) in [7, 11) is -4.26. The van der Waals surface area contributed by atoms with Crippen molar-refractivity contribution in [2.75, 3.05) is 13.1 Å². The normalized spacial score (nSPS) is 22.3. The van der Waals surface area contributed by atoms with Gasteiger partial charge in [0, 0.05) is 24.2 Å². The summed E-state index contributed by atoms with van der Waals surface area (Å²) in [6.45, 7) is 1.51. The number of carboxylic acid groups (broad SMARTS) is 1. The van der Waals surface area contributed by atoms with Gasteiger partial charge < -0.3 is 5.11 Å². The second-order valence-electron chi connectivity index (χ2n) is 5.57. The number of halogens is 2. The Bertz CT molecular complexity index is 798. The summed E-state index contributed by atoms with van der Waals surface area (Å²) in [6.07, 6.45) is 0.120. The molecule has 24 heavy (non-hydrogen) atoms. The fourth-order valence-corrected chi connectivity index (χ4v) is 5.27. The monoisotopic (exact) mass is 396 g/mol. The van der Waals surface area contributed by atoms with Crippen LogP contribution in [-0.2, 0) is 14.8 Å². The SMILES string of the molecule is CC1CN(S(=O)(=O)c2c(Cl)cc(Cl)cc2[N+](=O)[O-])CCC1C(=O)O. The molecule has 1 fully saturated rings. The Balaban J connectivity index is 2.46. The first-order valence-corrected chi connectivity index (χ1v) is 9.11. The molecule has 0 bridgehead atoms. The van der Waals surface area contributed by atoms with E-state index in [9.17, 15) is 23.3 Å². The highest BCUT2D eigenvalue weighted by Gasteiger charge is 2.40. The van der Waals surface area contributed by atoms with Crippen molar-refractivity contribution >= 4 is 44.9 Å². The van der Waals surface area contributed by atoms with Gasteiger partial charge in [0.05, 0.1) is 15.9 Å². The highest BCUT2D eigenvalue weighted by Crippen LogP contribution is 2.38. The van der Waals surface area contributed by atoms with Crippen molar-refractivity contribution in [3.8, 4) is 0 Å². The molecule has 132 valence electrons. The predicted octanol–water partition coefficient (Wildman–Crippen LogP) is 2.63. The maximum absolute atomic E-state index is 12.8. The molecule has 1 heterocycles. The number of rotatable bonds is 4. The van der Waals surface area contributed by atoms with Crippen LogP contribution >= 0.6 is 23.2 Å². The number of carboxylic acids is 1. The molecule has 0 saturated carbocycles. The molecule has 0 radical (unpaired) electrons. The van der Waals surface area contributed by atoms with Gasteiger partial charge in [-0.2, -0.15) is 4.31 Å². The third-order valence-electron chi connectivity index (χ3n) is 3.97. The quantitative estimate of drug-likeness (QED) is 0.617. The van der Waals surface area contributed by atoms with Crippen molar-refractivity contribution in [1.82, 2.24) is 4.31 Å². The molecular weight excluding hydrogens is 383 g/mol. The van der Waals surface area contributed by atoms with Gasteiger partial charge >= 0.3 is 5.97 Å². The van der Waals surface area contributed by atoms with Crippen molar-refractivity contribution in [2.24, 2.45) is 11.8 Å². The highest BCUT2D eigenvalue weighted by atomic mass is 35.5. The van der Waals surface area contributed by atoms with Gasteiger partial charge in [0.2, 0.25) is 0 Å². The number of nitrogens with zero attached hydrogens (tertiary/aromatic N) is 2. The van der Waals surface area contributed by atoms with E-state index in [1.54, 1.807) is 6.92 Å². The van der Waals surface area contributed by atoms with E-state index < -0.39 is 43.3 Å². The van der Waals surface area contributed by atoms with E-state index in [-0.39, 0.29) is 29.6 Å². The number of piperidine rings is 1. The van der Waals surface area contributed by atoms with E-state index in [0.29, 0.717) is 0 Å². The zero-order chi connectivity index (χ0) is 18.2. The highest BCUT2D eigenvalue weighted by molar-refractivity contribution is 7.89. The molecule has 1 saturated heterocycles. The van der Waals surface area contributed by atoms with Gasteiger partial charge in [-0.15, -0.1) is 0 Å². The average Bonchev–Trinajstić information content (AvgIpc) is 2.45. The lowest BCUT2D eigenvalue weighted by atomic mass is 9.88. The van der Waals surface area contributed by atoms with E-state index >= 15 is 0 Å². The molecule has 11 heteroatoms. The van der Waals surface area contributed by atoms with E-state index in [1.165, 1.54) is 0 Å².